The fourth-order valence-electron chi connectivity index (χ4n) is 3.48. The molecule has 1 aromatic carbocycles. The number of hydrogen-bond donors (Lipinski definition) is 1. The van der Waals surface area contributed by atoms with Crippen LogP contribution >= 0.6 is 11.5 Å². The lowest BCUT2D eigenvalue weighted by Gasteiger charge is -2.33. The zero-order valence-electron chi connectivity index (χ0n) is 11.6. The molecule has 2 atom stereocenters. The Kier molecular flexibility index (Phi) is 2.97. The summed E-state index contributed by atoms with van der Waals surface area (Å²) in [5, 5.41) is 13.4. The predicted molar refractivity (Wildman–Crippen MR) is 78.9 cm³/mol. The van der Waals surface area contributed by atoms with Gasteiger partial charge in [-0.3, -0.25) is 4.79 Å². The molecule has 0 spiro atoms. The van der Waals surface area contributed by atoms with Crippen molar-refractivity contribution in [3.8, 4) is 0 Å². The number of benzene rings is 1. The van der Waals surface area contributed by atoms with Crippen LogP contribution in [-0.2, 0) is 6.42 Å². The van der Waals surface area contributed by atoms with Crippen LogP contribution in [0.1, 0.15) is 50.2 Å². The third-order valence-electron chi connectivity index (χ3n) is 4.44. The van der Waals surface area contributed by atoms with Crippen molar-refractivity contribution in [1.82, 2.24) is 14.5 Å². The molecule has 2 aromatic rings. The maximum atomic E-state index is 12.9. The zero-order valence-corrected chi connectivity index (χ0v) is 12.4. The van der Waals surface area contributed by atoms with Crippen molar-refractivity contribution < 1.29 is 14.7 Å². The molecule has 4 rings (SSSR count). The third-order valence-corrected chi connectivity index (χ3v) is 5.31. The lowest BCUT2D eigenvalue weighted by molar-refractivity contribution is 0.0623. The average Bonchev–Trinajstić information content (AvgIpc) is 3.11. The third kappa shape index (κ3) is 1.85. The van der Waals surface area contributed by atoms with E-state index < -0.39 is 5.97 Å². The van der Waals surface area contributed by atoms with Gasteiger partial charge >= 0.3 is 5.97 Å². The van der Waals surface area contributed by atoms with Gasteiger partial charge in [-0.1, -0.05) is 16.6 Å². The highest BCUT2D eigenvalue weighted by molar-refractivity contribution is 7.05. The Labute approximate surface area is 130 Å². The Morgan fingerprint density at radius 2 is 2.00 bits per heavy atom. The normalized spacial score (nSPS) is 22.5. The zero-order chi connectivity index (χ0) is 15.3. The number of carboxylic acids is 1. The van der Waals surface area contributed by atoms with Crippen LogP contribution in [0, 0.1) is 0 Å². The van der Waals surface area contributed by atoms with E-state index in [9.17, 15) is 14.7 Å². The van der Waals surface area contributed by atoms with E-state index in [1.165, 1.54) is 17.6 Å². The quantitative estimate of drug-likeness (QED) is 0.918. The van der Waals surface area contributed by atoms with Crippen molar-refractivity contribution in [2.24, 2.45) is 0 Å². The summed E-state index contributed by atoms with van der Waals surface area (Å²) in [4.78, 5) is 27.2. The van der Waals surface area contributed by atoms with Gasteiger partial charge in [0, 0.05) is 12.5 Å². The summed E-state index contributed by atoms with van der Waals surface area (Å²) >= 11 is 1.34. The lowest BCUT2D eigenvalue weighted by atomic mass is 10.0. The van der Waals surface area contributed by atoms with E-state index in [0.717, 1.165) is 23.4 Å². The summed E-state index contributed by atoms with van der Waals surface area (Å²) in [6.07, 6.45) is 2.53. The second-order valence-corrected chi connectivity index (χ2v) is 6.38. The summed E-state index contributed by atoms with van der Waals surface area (Å²) in [5.74, 6) is -1.28. The molecule has 0 radical (unpaired) electrons. The number of carbonyl (C=O) groups is 2. The molecule has 22 heavy (non-hydrogen) atoms. The summed E-state index contributed by atoms with van der Waals surface area (Å²) in [7, 11) is 0. The number of rotatable bonds is 2. The summed E-state index contributed by atoms with van der Waals surface area (Å²) in [6, 6.07) is 6.48. The molecule has 2 bridgehead atoms. The van der Waals surface area contributed by atoms with Crippen molar-refractivity contribution in [2.45, 2.75) is 31.3 Å². The number of hydrogen-bond acceptors (Lipinski definition) is 5. The molecule has 1 fully saturated rings. The van der Waals surface area contributed by atoms with Gasteiger partial charge in [-0.05, 0) is 36.5 Å². The number of fused-ring (bicyclic) bond motifs is 4. The highest BCUT2D eigenvalue weighted by Crippen LogP contribution is 2.45. The number of aromatic nitrogens is 2. The molecule has 3 heterocycles. The van der Waals surface area contributed by atoms with Gasteiger partial charge < -0.3 is 10.0 Å². The van der Waals surface area contributed by atoms with Crippen LogP contribution in [0.25, 0.3) is 0 Å². The molecule has 6 nitrogen and oxygen atoms in total. The van der Waals surface area contributed by atoms with Gasteiger partial charge in [-0.25, -0.2) is 4.79 Å². The van der Waals surface area contributed by atoms with Gasteiger partial charge in [0.15, 0.2) is 0 Å². The maximum absolute atomic E-state index is 12.9. The summed E-state index contributed by atoms with van der Waals surface area (Å²) in [6.45, 7) is 0. The molecule has 1 amide bonds. The average molecular weight is 315 g/mol. The molecule has 2 unspecified atom stereocenters. The Morgan fingerprint density at radius 1 is 1.23 bits per heavy atom. The van der Waals surface area contributed by atoms with E-state index in [1.807, 2.05) is 4.90 Å². The fourth-order valence-corrected chi connectivity index (χ4v) is 4.29. The molecule has 0 aliphatic carbocycles. The van der Waals surface area contributed by atoms with Crippen LogP contribution in [-0.4, -0.2) is 37.5 Å². The van der Waals surface area contributed by atoms with E-state index in [2.05, 4.69) is 9.59 Å². The van der Waals surface area contributed by atoms with Crippen LogP contribution in [0.5, 0.6) is 0 Å². The van der Waals surface area contributed by atoms with Gasteiger partial charge in [-0.2, -0.15) is 0 Å². The van der Waals surface area contributed by atoms with Gasteiger partial charge in [0.25, 0.3) is 5.91 Å². The standard InChI is InChI=1S/C15H13N3O3S/c19-14(9-3-1-2-4-10(9)15(20)21)18-8-5-6-12(18)13-11(7-8)16-17-22-13/h1-4,8,12H,5-7H2,(H,20,21). The van der Waals surface area contributed by atoms with E-state index >= 15 is 0 Å². The molecular formula is C15H13N3O3S. The minimum absolute atomic E-state index is 0.0110. The summed E-state index contributed by atoms with van der Waals surface area (Å²) in [5.41, 5.74) is 1.31. The van der Waals surface area contributed by atoms with Gasteiger partial charge in [0.2, 0.25) is 0 Å². The fraction of sp³-hybridized carbons (Fsp3) is 0.333. The lowest BCUT2D eigenvalue weighted by Crippen LogP contribution is -2.42. The monoisotopic (exact) mass is 315 g/mol. The van der Waals surface area contributed by atoms with Crippen LogP contribution in [0.4, 0.5) is 0 Å². The van der Waals surface area contributed by atoms with E-state index in [1.54, 1.807) is 18.2 Å². The van der Waals surface area contributed by atoms with Crippen molar-refractivity contribution in [1.29, 1.82) is 0 Å². The first-order valence-electron chi connectivity index (χ1n) is 7.13. The Balaban J connectivity index is 1.75. The number of aromatic carboxylic acids is 1. The van der Waals surface area contributed by atoms with E-state index in [4.69, 9.17) is 0 Å². The SMILES string of the molecule is O=C(O)c1ccccc1C(=O)N1C2CCC1c1snnc1C2. The molecule has 0 saturated carbocycles. The Bertz CT molecular complexity index is 773. The van der Waals surface area contributed by atoms with Crippen LogP contribution in [0.3, 0.4) is 0 Å². The highest BCUT2D eigenvalue weighted by atomic mass is 32.1. The van der Waals surface area contributed by atoms with E-state index in [-0.39, 0.29) is 29.1 Å². The number of amides is 1. The molecule has 1 aromatic heterocycles. The highest BCUT2D eigenvalue weighted by Gasteiger charge is 2.45. The van der Waals surface area contributed by atoms with Crippen molar-refractivity contribution >= 4 is 23.4 Å². The Morgan fingerprint density at radius 3 is 2.77 bits per heavy atom. The molecule has 7 heteroatoms. The first-order chi connectivity index (χ1) is 10.7. The van der Waals surface area contributed by atoms with Crippen molar-refractivity contribution in [3.63, 3.8) is 0 Å². The molecule has 2 aliphatic heterocycles. The smallest absolute Gasteiger partial charge is 0.336 e. The van der Waals surface area contributed by atoms with Gasteiger partial charge in [-0.15, -0.1) is 5.10 Å². The van der Waals surface area contributed by atoms with E-state index in [0.29, 0.717) is 6.42 Å². The molecule has 112 valence electrons. The predicted octanol–water partition coefficient (Wildman–Crippen LogP) is 2.14. The van der Waals surface area contributed by atoms with Crippen LogP contribution in [0.15, 0.2) is 24.3 Å². The van der Waals surface area contributed by atoms with Crippen molar-refractivity contribution in [2.75, 3.05) is 0 Å². The molecule has 1 N–H and O–H groups in total. The largest absolute Gasteiger partial charge is 0.478 e. The second-order valence-electron chi connectivity index (χ2n) is 5.60. The second kappa shape index (κ2) is 4.88. The van der Waals surface area contributed by atoms with Crippen LogP contribution < -0.4 is 0 Å². The Hall–Kier alpha value is -2.28. The van der Waals surface area contributed by atoms with Crippen molar-refractivity contribution in [3.05, 3.63) is 46.0 Å². The van der Waals surface area contributed by atoms with Gasteiger partial charge in [0.1, 0.15) is 0 Å². The van der Waals surface area contributed by atoms with Crippen LogP contribution in [0.2, 0.25) is 0 Å². The summed E-state index contributed by atoms with van der Waals surface area (Å²) < 4.78 is 3.99. The minimum atomic E-state index is -1.08. The molecular weight excluding hydrogens is 302 g/mol. The number of carboxylic acid groups (broad SMARTS) is 1. The molecule has 2 aliphatic rings. The first-order valence-corrected chi connectivity index (χ1v) is 7.90. The minimum Gasteiger partial charge on any atom is -0.478 e. The maximum Gasteiger partial charge on any atom is 0.336 e. The number of carbonyl (C=O) groups excluding carboxylic acids is 1. The molecule has 1 saturated heterocycles. The van der Waals surface area contributed by atoms with Gasteiger partial charge in [0.05, 0.1) is 27.7 Å². The number of nitrogens with zero attached hydrogens (tertiary/aromatic N) is 3. The first kappa shape index (κ1) is 13.4. The topological polar surface area (TPSA) is 83.4 Å².